The lowest BCUT2D eigenvalue weighted by atomic mass is 10.2. The van der Waals surface area contributed by atoms with E-state index < -0.39 is 0 Å². The average Bonchev–Trinajstić information content (AvgIpc) is 3.27. The highest BCUT2D eigenvalue weighted by Gasteiger charge is 2.14. The summed E-state index contributed by atoms with van der Waals surface area (Å²) in [5.74, 6) is -0.336. The number of aromatic nitrogens is 1. The minimum atomic E-state index is -0.354. The van der Waals surface area contributed by atoms with Crippen molar-refractivity contribution in [2.45, 2.75) is 0 Å². The molecular formula is C24H19N3O3S. The zero-order valence-electron chi connectivity index (χ0n) is 16.4. The first-order valence-corrected chi connectivity index (χ1v) is 10.5. The van der Waals surface area contributed by atoms with E-state index in [9.17, 15) is 9.59 Å². The molecule has 6 nitrogen and oxygen atoms in total. The highest BCUT2D eigenvalue weighted by molar-refractivity contribution is 7.14. The number of thiazole rings is 1. The van der Waals surface area contributed by atoms with Gasteiger partial charge >= 0.3 is 0 Å². The molecule has 1 aromatic heterocycles. The molecule has 0 saturated heterocycles. The van der Waals surface area contributed by atoms with E-state index in [1.54, 1.807) is 36.4 Å². The van der Waals surface area contributed by atoms with Crippen LogP contribution in [-0.2, 0) is 4.79 Å². The number of nitrogens with one attached hydrogen (secondary N) is 2. The van der Waals surface area contributed by atoms with Crippen LogP contribution in [0.5, 0.6) is 5.75 Å². The fraction of sp³-hybridized carbons (Fsp3) is 0.0417. The Kier molecular flexibility index (Phi) is 6.35. The van der Waals surface area contributed by atoms with Crippen molar-refractivity contribution in [2.75, 3.05) is 17.2 Å². The van der Waals surface area contributed by atoms with E-state index >= 15 is 0 Å². The van der Waals surface area contributed by atoms with Crippen molar-refractivity contribution in [1.82, 2.24) is 4.98 Å². The molecule has 7 heteroatoms. The molecule has 2 N–H and O–H groups in total. The van der Waals surface area contributed by atoms with Crippen LogP contribution in [0.3, 0.4) is 0 Å². The maximum atomic E-state index is 12.6. The second-order valence-electron chi connectivity index (χ2n) is 6.56. The smallest absolute Gasteiger partial charge is 0.264 e. The lowest BCUT2D eigenvalue weighted by Gasteiger charge is -2.11. The van der Waals surface area contributed by atoms with Gasteiger partial charge in [-0.3, -0.25) is 14.9 Å². The Morgan fingerprint density at radius 3 is 2.29 bits per heavy atom. The van der Waals surface area contributed by atoms with Crippen molar-refractivity contribution >= 4 is 34.0 Å². The van der Waals surface area contributed by atoms with Crippen molar-refractivity contribution in [3.63, 3.8) is 0 Å². The normalized spacial score (nSPS) is 10.3. The van der Waals surface area contributed by atoms with Gasteiger partial charge in [0, 0.05) is 16.6 Å². The summed E-state index contributed by atoms with van der Waals surface area (Å²) < 4.78 is 5.63. The summed E-state index contributed by atoms with van der Waals surface area (Å²) in [6, 6.07) is 25.7. The second kappa shape index (κ2) is 9.69. The number of benzene rings is 3. The van der Waals surface area contributed by atoms with E-state index in [0.29, 0.717) is 22.1 Å². The van der Waals surface area contributed by atoms with Gasteiger partial charge in [-0.2, -0.15) is 0 Å². The summed E-state index contributed by atoms with van der Waals surface area (Å²) in [6.07, 6.45) is 0. The Morgan fingerprint density at radius 1 is 0.839 bits per heavy atom. The van der Waals surface area contributed by atoms with Crippen LogP contribution in [0.4, 0.5) is 10.8 Å². The summed E-state index contributed by atoms with van der Waals surface area (Å²) in [7, 11) is 0. The van der Waals surface area contributed by atoms with Gasteiger partial charge < -0.3 is 10.1 Å². The maximum absolute atomic E-state index is 12.6. The Labute approximate surface area is 183 Å². The van der Waals surface area contributed by atoms with E-state index in [4.69, 9.17) is 4.74 Å². The number of amides is 2. The first kappa shape index (κ1) is 20.3. The second-order valence-corrected chi connectivity index (χ2v) is 7.42. The van der Waals surface area contributed by atoms with E-state index in [1.807, 2.05) is 53.9 Å². The lowest BCUT2D eigenvalue weighted by Crippen LogP contribution is -2.21. The predicted octanol–water partition coefficient (Wildman–Crippen LogP) is 5.08. The van der Waals surface area contributed by atoms with Gasteiger partial charge in [0.1, 0.15) is 5.75 Å². The fourth-order valence-corrected chi connectivity index (χ4v) is 3.61. The van der Waals surface area contributed by atoms with Gasteiger partial charge in [0.05, 0.1) is 11.3 Å². The number of para-hydroxylation sites is 2. The monoisotopic (exact) mass is 429 g/mol. The third-order valence-electron chi connectivity index (χ3n) is 4.34. The standard InChI is InChI=1S/C24H19N3O3S/c28-22(27-24-26-20(16-31-24)17-9-3-1-4-10-17)15-30-21-14-8-7-13-19(21)23(29)25-18-11-5-2-6-12-18/h1-14,16H,15H2,(H,25,29)(H,26,27,28). The van der Waals surface area contributed by atoms with Crippen molar-refractivity contribution in [2.24, 2.45) is 0 Å². The molecule has 0 aliphatic heterocycles. The summed E-state index contributed by atoms with van der Waals surface area (Å²) >= 11 is 1.34. The molecule has 0 aliphatic rings. The SMILES string of the molecule is O=C(COc1ccccc1C(=O)Nc1ccccc1)Nc1nc(-c2ccccc2)cs1. The van der Waals surface area contributed by atoms with E-state index in [2.05, 4.69) is 15.6 Å². The van der Waals surface area contributed by atoms with Crippen LogP contribution in [0.15, 0.2) is 90.3 Å². The molecule has 3 aromatic carbocycles. The molecule has 0 bridgehead atoms. The fourth-order valence-electron chi connectivity index (χ4n) is 2.87. The molecule has 0 aliphatic carbocycles. The maximum Gasteiger partial charge on any atom is 0.264 e. The minimum absolute atomic E-state index is 0.240. The molecule has 0 radical (unpaired) electrons. The van der Waals surface area contributed by atoms with Gasteiger partial charge in [0.2, 0.25) is 0 Å². The molecule has 0 atom stereocenters. The van der Waals surface area contributed by atoms with Crippen molar-refractivity contribution < 1.29 is 14.3 Å². The van der Waals surface area contributed by atoms with Gasteiger partial charge in [0.15, 0.2) is 11.7 Å². The van der Waals surface area contributed by atoms with Crippen LogP contribution < -0.4 is 15.4 Å². The number of nitrogens with zero attached hydrogens (tertiary/aromatic N) is 1. The summed E-state index contributed by atoms with van der Waals surface area (Å²) in [5.41, 5.74) is 2.80. The third kappa shape index (κ3) is 5.34. The summed E-state index contributed by atoms with van der Waals surface area (Å²) in [6.45, 7) is -0.240. The highest BCUT2D eigenvalue weighted by atomic mass is 32.1. The van der Waals surface area contributed by atoms with Gasteiger partial charge in [-0.05, 0) is 24.3 Å². The summed E-state index contributed by atoms with van der Waals surface area (Å²) in [5, 5.41) is 7.92. The number of ether oxygens (including phenoxy) is 1. The minimum Gasteiger partial charge on any atom is -0.483 e. The van der Waals surface area contributed by atoms with Crippen LogP contribution in [0.2, 0.25) is 0 Å². The molecule has 154 valence electrons. The Balaban J connectivity index is 1.37. The highest BCUT2D eigenvalue weighted by Crippen LogP contribution is 2.25. The number of rotatable bonds is 7. The predicted molar refractivity (Wildman–Crippen MR) is 123 cm³/mol. The van der Waals surface area contributed by atoms with E-state index in [-0.39, 0.29) is 18.4 Å². The van der Waals surface area contributed by atoms with Crippen molar-refractivity contribution in [3.8, 4) is 17.0 Å². The molecule has 0 fully saturated rings. The van der Waals surface area contributed by atoms with Crippen LogP contribution in [0.1, 0.15) is 10.4 Å². The molecule has 1 heterocycles. The zero-order valence-corrected chi connectivity index (χ0v) is 17.3. The number of anilines is 2. The number of hydrogen-bond acceptors (Lipinski definition) is 5. The molecule has 0 spiro atoms. The van der Waals surface area contributed by atoms with Gasteiger partial charge in [-0.25, -0.2) is 4.98 Å². The zero-order chi connectivity index (χ0) is 21.5. The Hall–Kier alpha value is -3.97. The Morgan fingerprint density at radius 2 is 1.52 bits per heavy atom. The average molecular weight is 430 g/mol. The van der Waals surface area contributed by atoms with Crippen LogP contribution in [-0.4, -0.2) is 23.4 Å². The topological polar surface area (TPSA) is 80.3 Å². The Bertz CT molecular complexity index is 1180. The molecular weight excluding hydrogens is 410 g/mol. The largest absolute Gasteiger partial charge is 0.483 e. The van der Waals surface area contributed by atoms with Crippen molar-refractivity contribution in [1.29, 1.82) is 0 Å². The first-order valence-electron chi connectivity index (χ1n) is 9.58. The van der Waals surface area contributed by atoms with Crippen molar-refractivity contribution in [3.05, 3.63) is 95.9 Å². The number of carbonyl (C=O) groups excluding carboxylic acids is 2. The number of hydrogen-bond donors (Lipinski definition) is 2. The molecule has 2 amide bonds. The van der Waals surface area contributed by atoms with E-state index in [1.165, 1.54) is 11.3 Å². The quantitative estimate of drug-likeness (QED) is 0.429. The van der Waals surface area contributed by atoms with Crippen LogP contribution >= 0.6 is 11.3 Å². The molecule has 4 aromatic rings. The molecule has 0 unspecified atom stereocenters. The number of carbonyl (C=O) groups is 2. The lowest BCUT2D eigenvalue weighted by molar-refractivity contribution is -0.118. The third-order valence-corrected chi connectivity index (χ3v) is 5.10. The van der Waals surface area contributed by atoms with Gasteiger partial charge in [0.25, 0.3) is 11.8 Å². The summed E-state index contributed by atoms with van der Waals surface area (Å²) in [4.78, 5) is 29.4. The molecule has 0 saturated carbocycles. The first-order chi connectivity index (χ1) is 15.2. The molecule has 31 heavy (non-hydrogen) atoms. The molecule has 4 rings (SSSR count). The van der Waals surface area contributed by atoms with Crippen LogP contribution in [0, 0.1) is 0 Å². The van der Waals surface area contributed by atoms with Gasteiger partial charge in [-0.1, -0.05) is 60.7 Å². The van der Waals surface area contributed by atoms with Crippen LogP contribution in [0.25, 0.3) is 11.3 Å². The van der Waals surface area contributed by atoms with Gasteiger partial charge in [-0.15, -0.1) is 11.3 Å². The van der Waals surface area contributed by atoms with E-state index in [0.717, 1.165) is 11.3 Å².